The molecule has 2 amide bonds. The van der Waals surface area contributed by atoms with Crippen molar-refractivity contribution in [2.45, 2.75) is 85.6 Å². The topological polar surface area (TPSA) is 421 Å². The molecule has 0 spiro atoms. The van der Waals surface area contributed by atoms with Crippen LogP contribution >= 0.6 is 0 Å². The van der Waals surface area contributed by atoms with Crippen molar-refractivity contribution in [2.75, 3.05) is 28.2 Å². The monoisotopic (exact) mass is 1010 g/mol. The largest absolute Gasteiger partial charge is 0.507 e. The van der Waals surface area contributed by atoms with Crippen molar-refractivity contribution in [1.29, 1.82) is 10.5 Å². The molecule has 2 aromatic rings. The van der Waals surface area contributed by atoms with Crippen molar-refractivity contribution >= 4 is 58.1 Å². The number of phenolic OH excluding ortho intramolecular Hbond substituents is 2. The van der Waals surface area contributed by atoms with Gasteiger partial charge in [0, 0.05) is 35.0 Å². The minimum Gasteiger partial charge on any atom is -0.507 e. The van der Waals surface area contributed by atoms with Crippen LogP contribution in [0, 0.1) is 80.8 Å². The summed E-state index contributed by atoms with van der Waals surface area (Å²) in [5.41, 5.74) is 24.7. The molecular formula is C52H52N10O12. The van der Waals surface area contributed by atoms with Gasteiger partial charge in [0.2, 0.25) is 11.8 Å². The fraction of sp³-hybridized carbons (Fsp3) is 0.462. The van der Waals surface area contributed by atoms with Gasteiger partial charge in [-0.25, -0.2) is 0 Å². The number of unbranched alkanes of at least 4 members (excludes halogenated alkanes) is 3. The van der Waals surface area contributed by atoms with E-state index in [4.69, 9.17) is 34.4 Å². The van der Waals surface area contributed by atoms with Crippen LogP contribution in [-0.4, -0.2) is 141 Å². The molecule has 0 aromatic heterocycles. The number of aromatic hydroxyl groups is 2. The Morgan fingerprint density at radius 3 is 1.23 bits per heavy atom. The van der Waals surface area contributed by atoms with Gasteiger partial charge in [-0.1, -0.05) is 23.7 Å². The zero-order chi connectivity index (χ0) is 54.7. The molecule has 0 heterocycles. The van der Waals surface area contributed by atoms with Gasteiger partial charge < -0.3 is 44.6 Å². The molecule has 0 saturated heterocycles. The highest BCUT2D eigenvalue weighted by molar-refractivity contribution is 6.35. The van der Waals surface area contributed by atoms with Gasteiger partial charge in [-0.05, 0) is 102 Å². The fourth-order valence-corrected chi connectivity index (χ4v) is 13.4. The molecule has 22 nitrogen and oxygen atoms in total. The molecule has 6 aliphatic rings. The number of primary amides is 2. The Hall–Kier alpha value is -7.80. The molecule has 0 bridgehead atoms. The quantitative estimate of drug-likeness (QED) is 0.0773. The highest BCUT2D eigenvalue weighted by atomic mass is 16.3. The van der Waals surface area contributed by atoms with Gasteiger partial charge in [0.15, 0.2) is 68.9 Å². The van der Waals surface area contributed by atoms with Crippen LogP contribution in [0.15, 0.2) is 24.3 Å². The molecule has 2 aromatic carbocycles. The van der Waals surface area contributed by atoms with Crippen LogP contribution in [0.25, 0.3) is 0 Å². The van der Waals surface area contributed by atoms with Crippen LogP contribution < -0.4 is 34.4 Å². The van der Waals surface area contributed by atoms with E-state index in [1.807, 2.05) is 0 Å². The molecule has 0 aliphatic heterocycles. The second kappa shape index (κ2) is 17.4. The Bertz CT molecular complexity index is 3050. The van der Waals surface area contributed by atoms with Crippen molar-refractivity contribution in [3.8, 4) is 47.3 Å². The Morgan fingerprint density at radius 2 is 0.932 bits per heavy atom. The summed E-state index contributed by atoms with van der Waals surface area (Å²) < 4.78 is 0. The van der Waals surface area contributed by atoms with Crippen molar-refractivity contribution < 1.29 is 58.2 Å². The van der Waals surface area contributed by atoms with Gasteiger partial charge in [-0.15, -0.1) is 0 Å². The number of phenols is 2. The molecule has 12 atom stereocenters. The van der Waals surface area contributed by atoms with E-state index in [-0.39, 0.29) is 46.2 Å². The van der Waals surface area contributed by atoms with Crippen LogP contribution in [0.3, 0.4) is 0 Å². The van der Waals surface area contributed by atoms with E-state index in [0.29, 0.717) is 25.7 Å². The van der Waals surface area contributed by atoms with E-state index in [0.717, 1.165) is 0 Å². The van der Waals surface area contributed by atoms with Crippen LogP contribution in [0.4, 0.5) is 0 Å². The minimum atomic E-state index is -2.88. The van der Waals surface area contributed by atoms with Crippen LogP contribution in [0.5, 0.6) is 11.5 Å². The van der Waals surface area contributed by atoms with Crippen molar-refractivity contribution in [3.05, 3.63) is 57.6 Å². The number of fused-ring (bicyclic) bond motifs is 6. The summed E-state index contributed by atoms with van der Waals surface area (Å²) in [6.07, 6.45) is -0.178. The van der Waals surface area contributed by atoms with Crippen molar-refractivity contribution in [1.82, 2.24) is 9.80 Å². The first kappa shape index (κ1) is 52.5. The number of hydrogen-bond donors (Lipinski definition) is 8. The number of hydrogen-bond acceptors (Lipinski definition) is 20. The molecule has 22 heteroatoms. The normalized spacial score (nSPS) is 34.8. The summed E-state index contributed by atoms with van der Waals surface area (Å²) in [5, 5.41) is 43.3. The summed E-state index contributed by atoms with van der Waals surface area (Å²) >= 11 is 0. The van der Waals surface area contributed by atoms with Gasteiger partial charge in [-0.2, -0.15) is 10.5 Å². The van der Waals surface area contributed by atoms with Crippen LogP contribution in [0.2, 0.25) is 0 Å². The molecule has 4 fully saturated rings. The maximum atomic E-state index is 14.6. The number of Topliss-reactive ketones (excluding diaryl/α,β-unsaturated/α-hetero) is 8. The lowest BCUT2D eigenvalue weighted by Crippen LogP contribution is -2.85. The highest BCUT2D eigenvalue weighted by Crippen LogP contribution is 2.58. The van der Waals surface area contributed by atoms with Crippen LogP contribution in [0.1, 0.15) is 81.5 Å². The van der Waals surface area contributed by atoms with Gasteiger partial charge in [0.05, 0.1) is 46.4 Å². The lowest BCUT2D eigenvalue weighted by molar-refractivity contribution is -0.169. The summed E-state index contributed by atoms with van der Waals surface area (Å²) in [6.45, 7) is 0. The lowest BCUT2D eigenvalue weighted by atomic mass is 9.42. The molecule has 74 heavy (non-hydrogen) atoms. The summed E-state index contributed by atoms with van der Waals surface area (Å²) in [6, 6.07) is 5.55. The van der Waals surface area contributed by atoms with E-state index in [1.165, 1.54) is 62.3 Å². The Balaban J connectivity index is 1.02. The van der Waals surface area contributed by atoms with E-state index in [9.17, 15) is 68.7 Å². The molecule has 8 rings (SSSR count). The lowest BCUT2D eigenvalue weighted by Gasteiger charge is -2.60. The number of amides is 2. The average molecular weight is 1010 g/mol. The number of carbonyl (C=O) groups excluding carboxylic acids is 10. The number of likely N-dealkylation sites (N-methyl/N-ethyl adjacent to an activating group) is 2. The van der Waals surface area contributed by atoms with Gasteiger partial charge in [0.1, 0.15) is 23.3 Å². The summed E-state index contributed by atoms with van der Waals surface area (Å²) in [4.78, 5) is 141. The highest BCUT2D eigenvalue weighted by Gasteiger charge is 2.80. The number of nitrogens with zero attached hydrogens (tertiary/aromatic N) is 4. The fourth-order valence-electron chi connectivity index (χ4n) is 13.4. The standard InChI is InChI=1S/C52H52N10O12/c1-61(2)39-37(67)31(45(55)73)41(69)49(21-53)43(71)33-35(65)29-25(17-47(33,57)19-51(39,49)59)23(13-15-27(29)63)11-9-7-5-6-8-10-12-24-14-16-28(64)30-26(24)18-48(58)20-52(60)40(62(3)4)38(68)32(46(56)74)42(70)50(52,22-54)44(72)34(48)36(30)66/h13-16,31-34,39-40,63-64H,5-8,17-20,57-60H2,1-4H3,(H2,55,73)(H2,56,74)/t31?,32?,33?,34?,39-,40-,47-,48-,49+,50+,51-,52-/m1/s1. The first-order valence-electron chi connectivity index (χ1n) is 23.4. The van der Waals surface area contributed by atoms with E-state index in [1.54, 1.807) is 12.1 Å². The van der Waals surface area contributed by atoms with Crippen molar-refractivity contribution in [2.24, 2.45) is 68.9 Å². The number of rotatable bonds is 7. The molecule has 4 unspecified atom stereocenters. The summed E-state index contributed by atoms with van der Waals surface area (Å²) in [7, 11) is 5.62. The van der Waals surface area contributed by atoms with E-state index in [2.05, 4.69) is 23.7 Å². The maximum absolute atomic E-state index is 14.6. The number of carbonyl (C=O) groups is 10. The summed E-state index contributed by atoms with van der Waals surface area (Å²) in [5.74, 6) is -9.42. The van der Waals surface area contributed by atoms with Gasteiger partial charge in [-0.3, -0.25) is 57.7 Å². The molecular weight excluding hydrogens is 957 g/mol. The zero-order valence-electron chi connectivity index (χ0n) is 40.7. The molecule has 14 N–H and O–H groups in total. The number of benzene rings is 2. The Labute approximate surface area is 423 Å². The molecule has 6 aliphatic carbocycles. The van der Waals surface area contributed by atoms with E-state index < -0.39 is 151 Å². The Kier molecular flexibility index (Phi) is 12.4. The van der Waals surface area contributed by atoms with Crippen molar-refractivity contribution in [3.63, 3.8) is 0 Å². The third-order valence-corrected chi connectivity index (χ3v) is 16.2. The molecule has 382 valence electrons. The third kappa shape index (κ3) is 6.73. The zero-order valence-corrected chi connectivity index (χ0v) is 40.7. The first-order chi connectivity index (χ1) is 34.5. The SMILES string of the molecule is CN(C)[C@@H]1C(=O)C(C(N)=O)C(=O)[C@@]2(C#N)C(=O)C3C(=O)c4c(O)ccc(C#CCCCCC#Cc5ccc(O)c6c5C[C@@]5(N)C[C@@]7(N)[C@H](N(C)C)C(=O)C(C(N)=O)C(=O)[C@@]7(C#N)C(=O)C5C6=O)c4C[C@@]3(N)C[C@@]12N. The van der Waals surface area contributed by atoms with Crippen LogP contribution in [-0.2, 0) is 51.2 Å². The second-order valence-corrected chi connectivity index (χ2v) is 21.0. The first-order valence-corrected chi connectivity index (χ1v) is 23.4. The molecule has 4 saturated carbocycles. The maximum Gasteiger partial charge on any atom is 0.235 e. The number of nitrogens with two attached hydrogens (primary N) is 6. The van der Waals surface area contributed by atoms with Gasteiger partial charge >= 0.3 is 0 Å². The predicted molar refractivity (Wildman–Crippen MR) is 255 cm³/mol. The van der Waals surface area contributed by atoms with E-state index >= 15 is 0 Å². The predicted octanol–water partition coefficient (Wildman–Crippen LogP) is -3.11. The number of nitriles is 2. The second-order valence-electron chi connectivity index (χ2n) is 21.0. The average Bonchev–Trinajstić information content (AvgIpc) is 3.27. The Morgan fingerprint density at radius 1 is 0.595 bits per heavy atom. The smallest absolute Gasteiger partial charge is 0.235 e. The minimum absolute atomic E-state index is 0.178. The third-order valence-electron chi connectivity index (χ3n) is 16.2. The van der Waals surface area contributed by atoms with Gasteiger partial charge in [0.25, 0.3) is 0 Å². The molecule has 0 radical (unpaired) electrons. The number of ketones is 8.